The number of amides is 1. The Morgan fingerprint density at radius 2 is 2.13 bits per heavy atom. The molecule has 7 heteroatoms. The summed E-state index contributed by atoms with van der Waals surface area (Å²) in [5.41, 5.74) is 9.62. The third-order valence-electron chi connectivity index (χ3n) is 3.62. The average Bonchev–Trinajstić information content (AvgIpc) is 2.87. The number of alkyl carbamates (subject to hydrolysis) is 1. The van der Waals surface area contributed by atoms with E-state index in [2.05, 4.69) is 34.1 Å². The third-order valence-corrected chi connectivity index (χ3v) is 3.62. The van der Waals surface area contributed by atoms with E-state index in [-0.39, 0.29) is 18.7 Å². The molecule has 1 heterocycles. The van der Waals surface area contributed by atoms with Crippen LogP contribution < -0.4 is 5.32 Å². The zero-order valence-electron chi connectivity index (χ0n) is 13.5. The van der Waals surface area contributed by atoms with Gasteiger partial charge in [0.2, 0.25) is 0 Å². The number of hydrogen-bond donors (Lipinski definition) is 1. The molecule has 0 aliphatic carbocycles. The number of hydrogen-bond acceptors (Lipinski definition) is 4. The Kier molecular flexibility index (Phi) is 6.26. The van der Waals surface area contributed by atoms with Crippen LogP contribution >= 0.6 is 0 Å². The second-order valence-corrected chi connectivity index (χ2v) is 5.99. The lowest BCUT2D eigenvalue weighted by Crippen LogP contribution is -2.42. The SMILES string of the molecule is C[C](C)CN1C[C@H](NC(=O)OCc2ccccc2)[C@H](N=[N+]=[N-])C1. The Morgan fingerprint density at radius 1 is 1.39 bits per heavy atom. The number of rotatable bonds is 6. The van der Waals surface area contributed by atoms with E-state index in [4.69, 9.17) is 10.3 Å². The van der Waals surface area contributed by atoms with Crippen LogP contribution in [0.15, 0.2) is 35.4 Å². The van der Waals surface area contributed by atoms with Crippen LogP contribution in [0.1, 0.15) is 19.4 Å². The first-order valence-electron chi connectivity index (χ1n) is 7.61. The summed E-state index contributed by atoms with van der Waals surface area (Å²) in [6, 6.07) is 8.99. The van der Waals surface area contributed by atoms with Crippen molar-refractivity contribution in [2.75, 3.05) is 19.6 Å². The molecular weight excluding hydrogens is 294 g/mol. The van der Waals surface area contributed by atoms with Crippen molar-refractivity contribution in [3.05, 3.63) is 52.3 Å². The van der Waals surface area contributed by atoms with Crippen molar-refractivity contribution < 1.29 is 9.53 Å². The Balaban J connectivity index is 1.86. The lowest BCUT2D eigenvalue weighted by Gasteiger charge is -2.18. The fraction of sp³-hybridized carbons (Fsp3) is 0.500. The van der Waals surface area contributed by atoms with Crippen LogP contribution in [0.25, 0.3) is 10.4 Å². The fourth-order valence-corrected chi connectivity index (χ4v) is 2.68. The minimum absolute atomic E-state index is 0.219. The van der Waals surface area contributed by atoms with Gasteiger partial charge >= 0.3 is 6.09 Å². The van der Waals surface area contributed by atoms with Gasteiger partial charge in [0.15, 0.2) is 0 Å². The summed E-state index contributed by atoms with van der Waals surface area (Å²) in [4.78, 5) is 17.0. The monoisotopic (exact) mass is 316 g/mol. The van der Waals surface area contributed by atoms with Gasteiger partial charge in [-0.25, -0.2) is 4.79 Å². The van der Waals surface area contributed by atoms with Gasteiger partial charge in [0.05, 0.1) is 12.1 Å². The predicted octanol–water partition coefficient (Wildman–Crippen LogP) is 2.89. The summed E-state index contributed by atoms with van der Waals surface area (Å²) in [6.07, 6.45) is -0.490. The van der Waals surface area contributed by atoms with Gasteiger partial charge in [-0.2, -0.15) is 0 Å². The lowest BCUT2D eigenvalue weighted by molar-refractivity contribution is 0.135. The van der Waals surface area contributed by atoms with Gasteiger partial charge in [0, 0.05) is 24.5 Å². The molecule has 1 radical (unpaired) electrons. The van der Waals surface area contributed by atoms with Gasteiger partial charge in [-0.15, -0.1) is 0 Å². The number of nitrogens with zero attached hydrogens (tertiary/aromatic N) is 4. The molecule has 1 amide bonds. The maximum atomic E-state index is 12.0. The fourth-order valence-electron chi connectivity index (χ4n) is 2.68. The summed E-state index contributed by atoms with van der Waals surface area (Å²) in [5, 5.41) is 6.60. The molecule has 123 valence electrons. The molecule has 0 bridgehead atoms. The molecule has 0 aromatic heterocycles. The predicted molar refractivity (Wildman–Crippen MR) is 87.5 cm³/mol. The van der Waals surface area contributed by atoms with E-state index in [0.717, 1.165) is 12.1 Å². The number of benzene rings is 1. The molecule has 2 rings (SSSR count). The molecule has 1 aromatic carbocycles. The molecule has 0 spiro atoms. The topological polar surface area (TPSA) is 90.3 Å². The summed E-state index contributed by atoms with van der Waals surface area (Å²) in [7, 11) is 0. The van der Waals surface area contributed by atoms with E-state index < -0.39 is 6.09 Å². The molecule has 1 N–H and O–H groups in total. The minimum atomic E-state index is -0.490. The van der Waals surface area contributed by atoms with Crippen LogP contribution in [0.2, 0.25) is 0 Å². The van der Waals surface area contributed by atoms with Crippen molar-refractivity contribution in [2.45, 2.75) is 32.5 Å². The largest absolute Gasteiger partial charge is 0.445 e. The van der Waals surface area contributed by atoms with Gasteiger partial charge in [0.25, 0.3) is 0 Å². The van der Waals surface area contributed by atoms with Crippen LogP contribution in [0.3, 0.4) is 0 Å². The Morgan fingerprint density at radius 3 is 2.78 bits per heavy atom. The Labute approximate surface area is 136 Å². The molecule has 1 aliphatic rings. The minimum Gasteiger partial charge on any atom is -0.445 e. The van der Waals surface area contributed by atoms with Gasteiger partial charge in [-0.3, -0.25) is 0 Å². The van der Waals surface area contributed by atoms with Gasteiger partial charge in [-0.05, 0) is 17.0 Å². The van der Waals surface area contributed by atoms with Crippen LogP contribution in [0.5, 0.6) is 0 Å². The van der Waals surface area contributed by atoms with Crippen LogP contribution in [-0.2, 0) is 11.3 Å². The average molecular weight is 316 g/mol. The molecule has 2 atom stereocenters. The normalized spacial score (nSPS) is 21.0. The first-order chi connectivity index (χ1) is 11.1. The highest BCUT2D eigenvalue weighted by Gasteiger charge is 2.33. The highest BCUT2D eigenvalue weighted by atomic mass is 16.5. The van der Waals surface area contributed by atoms with Gasteiger partial charge < -0.3 is 15.0 Å². The van der Waals surface area contributed by atoms with E-state index in [1.165, 1.54) is 5.92 Å². The van der Waals surface area contributed by atoms with Gasteiger partial charge in [-0.1, -0.05) is 49.3 Å². The third kappa shape index (κ3) is 5.47. The molecule has 1 fully saturated rings. The van der Waals surface area contributed by atoms with E-state index in [1.807, 2.05) is 30.3 Å². The standard InChI is InChI=1S/C16H22N5O2/c1-12(2)8-21-9-14(15(10-21)19-20-17)18-16(22)23-11-13-6-4-3-5-7-13/h3-7,14-15H,8-11H2,1-2H3,(H,18,22)/t14-,15+/m0/s1. The first kappa shape index (κ1) is 17.1. The molecule has 0 saturated carbocycles. The first-order valence-corrected chi connectivity index (χ1v) is 7.61. The summed E-state index contributed by atoms with van der Waals surface area (Å²) in [5.74, 6) is 1.27. The number of carbonyl (C=O) groups excluding carboxylic acids is 1. The highest BCUT2D eigenvalue weighted by molar-refractivity contribution is 5.67. The summed E-state index contributed by atoms with van der Waals surface area (Å²) < 4.78 is 5.22. The summed E-state index contributed by atoms with van der Waals surface area (Å²) in [6.45, 7) is 6.44. The number of ether oxygens (including phenoxy) is 1. The zero-order chi connectivity index (χ0) is 16.7. The van der Waals surface area contributed by atoms with Crippen molar-refractivity contribution in [1.29, 1.82) is 0 Å². The quantitative estimate of drug-likeness (QED) is 0.497. The van der Waals surface area contributed by atoms with Crippen molar-refractivity contribution in [2.24, 2.45) is 5.11 Å². The second-order valence-electron chi connectivity index (χ2n) is 5.99. The van der Waals surface area contributed by atoms with Crippen molar-refractivity contribution in [1.82, 2.24) is 10.2 Å². The van der Waals surface area contributed by atoms with Crippen LogP contribution in [0, 0.1) is 5.92 Å². The molecular formula is C16H22N5O2. The van der Waals surface area contributed by atoms with Crippen LogP contribution in [-0.4, -0.2) is 42.7 Å². The molecule has 0 unspecified atom stereocenters. The van der Waals surface area contributed by atoms with E-state index >= 15 is 0 Å². The zero-order valence-corrected chi connectivity index (χ0v) is 13.5. The maximum Gasteiger partial charge on any atom is 0.407 e. The lowest BCUT2D eigenvalue weighted by atomic mass is 10.2. The van der Waals surface area contributed by atoms with E-state index in [9.17, 15) is 4.79 Å². The van der Waals surface area contributed by atoms with Gasteiger partial charge in [0.1, 0.15) is 6.61 Å². The smallest absolute Gasteiger partial charge is 0.407 e. The number of nitrogens with one attached hydrogen (secondary N) is 1. The van der Waals surface area contributed by atoms with E-state index in [0.29, 0.717) is 13.1 Å². The van der Waals surface area contributed by atoms with Crippen molar-refractivity contribution >= 4 is 6.09 Å². The number of likely N-dealkylation sites (tertiary alicyclic amines) is 1. The summed E-state index contributed by atoms with van der Waals surface area (Å²) >= 11 is 0. The van der Waals surface area contributed by atoms with Crippen LogP contribution in [0.4, 0.5) is 4.79 Å². The molecule has 1 aromatic rings. The highest BCUT2D eigenvalue weighted by Crippen LogP contribution is 2.16. The second kappa shape index (κ2) is 8.41. The maximum absolute atomic E-state index is 12.0. The number of carbonyl (C=O) groups is 1. The molecule has 7 nitrogen and oxygen atoms in total. The van der Waals surface area contributed by atoms with Crippen molar-refractivity contribution in [3.63, 3.8) is 0 Å². The molecule has 23 heavy (non-hydrogen) atoms. The van der Waals surface area contributed by atoms with Crippen molar-refractivity contribution in [3.8, 4) is 0 Å². The Hall–Kier alpha value is -2.24. The Bertz CT molecular complexity index is 557. The van der Waals surface area contributed by atoms with E-state index in [1.54, 1.807) is 0 Å². The number of azide groups is 1. The molecule has 1 aliphatic heterocycles. The molecule has 1 saturated heterocycles.